The SMILES string of the molecule is COc1ccc(N2C(=O)C3C(C2=O)N2C(c4ccco4)C4C(=O)N(c5ccc(OC)cc5)C(=O)C4N2C3c2ccco2)cc1. The average molecular weight is 595 g/mol. The van der Waals surface area contributed by atoms with Crippen LogP contribution in [0.15, 0.2) is 94.2 Å². The van der Waals surface area contributed by atoms with E-state index in [2.05, 4.69) is 0 Å². The zero-order valence-corrected chi connectivity index (χ0v) is 23.6. The topological polar surface area (TPSA) is 126 Å². The van der Waals surface area contributed by atoms with E-state index in [1.54, 1.807) is 82.8 Å². The van der Waals surface area contributed by atoms with Crippen molar-refractivity contribution in [3.8, 4) is 11.5 Å². The second-order valence-corrected chi connectivity index (χ2v) is 11.0. The van der Waals surface area contributed by atoms with Crippen molar-refractivity contribution in [1.29, 1.82) is 0 Å². The lowest BCUT2D eigenvalue weighted by atomic mass is 9.87. The van der Waals surface area contributed by atoms with Crippen molar-refractivity contribution in [2.75, 3.05) is 24.0 Å². The first kappa shape index (κ1) is 26.4. The number of benzene rings is 2. The number of ether oxygens (including phenoxy) is 2. The predicted molar refractivity (Wildman–Crippen MR) is 152 cm³/mol. The number of hydrogen-bond acceptors (Lipinski definition) is 10. The summed E-state index contributed by atoms with van der Waals surface area (Å²) in [4.78, 5) is 59.4. The van der Waals surface area contributed by atoms with Crippen LogP contribution in [0.5, 0.6) is 11.5 Å². The molecule has 2 aromatic heterocycles. The van der Waals surface area contributed by atoms with Gasteiger partial charge in [0.25, 0.3) is 11.8 Å². The maximum absolute atomic E-state index is 14.3. The lowest BCUT2D eigenvalue weighted by Gasteiger charge is -2.34. The molecule has 8 rings (SSSR count). The summed E-state index contributed by atoms with van der Waals surface area (Å²) in [6.45, 7) is 0. The largest absolute Gasteiger partial charge is 0.497 e. The molecule has 0 spiro atoms. The Morgan fingerprint density at radius 3 is 1.23 bits per heavy atom. The molecule has 4 fully saturated rings. The number of carbonyl (C=O) groups is 4. The number of anilines is 2. The summed E-state index contributed by atoms with van der Waals surface area (Å²) in [7, 11) is 3.07. The van der Waals surface area contributed by atoms with Gasteiger partial charge in [0.2, 0.25) is 11.8 Å². The van der Waals surface area contributed by atoms with E-state index in [1.165, 1.54) is 36.5 Å². The molecule has 0 N–H and O–H groups in total. The van der Waals surface area contributed by atoms with Gasteiger partial charge in [-0.1, -0.05) is 0 Å². The van der Waals surface area contributed by atoms with Gasteiger partial charge in [-0.15, -0.1) is 0 Å². The number of rotatable bonds is 6. The number of fused-ring (bicyclic) bond motifs is 5. The zero-order valence-electron chi connectivity index (χ0n) is 23.6. The molecule has 4 aromatic rings. The minimum Gasteiger partial charge on any atom is -0.497 e. The quantitative estimate of drug-likeness (QED) is 0.307. The van der Waals surface area contributed by atoms with Crippen molar-refractivity contribution in [3.63, 3.8) is 0 Å². The van der Waals surface area contributed by atoms with E-state index in [0.29, 0.717) is 34.4 Å². The molecule has 4 aliphatic rings. The number of nitrogens with zero attached hydrogens (tertiary/aromatic N) is 4. The van der Waals surface area contributed by atoms with Gasteiger partial charge in [-0.2, -0.15) is 0 Å². The fourth-order valence-corrected chi connectivity index (χ4v) is 7.28. The van der Waals surface area contributed by atoms with Crippen LogP contribution in [0.4, 0.5) is 11.4 Å². The smallest absolute Gasteiger partial charge is 0.253 e. The molecule has 0 bridgehead atoms. The van der Waals surface area contributed by atoms with Crippen molar-refractivity contribution in [3.05, 3.63) is 96.8 Å². The first-order chi connectivity index (χ1) is 21.4. The van der Waals surface area contributed by atoms with Gasteiger partial charge in [-0.25, -0.2) is 19.8 Å². The predicted octanol–water partition coefficient (Wildman–Crippen LogP) is 3.33. The van der Waals surface area contributed by atoms with Gasteiger partial charge in [-0.3, -0.25) is 19.2 Å². The van der Waals surface area contributed by atoms with Gasteiger partial charge >= 0.3 is 0 Å². The molecule has 222 valence electrons. The van der Waals surface area contributed by atoms with E-state index in [-0.39, 0.29) is 0 Å². The fraction of sp³-hybridized carbons (Fsp3) is 0.250. The Morgan fingerprint density at radius 2 is 0.909 bits per heavy atom. The molecule has 12 heteroatoms. The second kappa shape index (κ2) is 9.66. The Hall–Kier alpha value is -5.20. The lowest BCUT2D eigenvalue weighted by molar-refractivity contribution is -0.136. The highest BCUT2D eigenvalue weighted by Gasteiger charge is 2.74. The van der Waals surface area contributed by atoms with Crippen LogP contribution >= 0.6 is 0 Å². The first-order valence-corrected chi connectivity index (χ1v) is 14.1. The summed E-state index contributed by atoms with van der Waals surface area (Å²) in [5.41, 5.74) is 0.790. The van der Waals surface area contributed by atoms with Crippen LogP contribution in [0.2, 0.25) is 0 Å². The summed E-state index contributed by atoms with van der Waals surface area (Å²) in [6, 6.07) is 16.4. The summed E-state index contributed by atoms with van der Waals surface area (Å²) < 4.78 is 22.2. The number of methoxy groups -OCH3 is 2. The van der Waals surface area contributed by atoms with Crippen LogP contribution in [0.25, 0.3) is 0 Å². The molecule has 0 saturated carbocycles. The zero-order chi connectivity index (χ0) is 30.3. The molecule has 6 unspecified atom stereocenters. The number of amides is 4. The number of hydrazine groups is 1. The maximum atomic E-state index is 14.3. The highest BCUT2D eigenvalue weighted by molar-refractivity contribution is 6.26. The molecule has 4 aliphatic heterocycles. The molecule has 2 aromatic carbocycles. The summed E-state index contributed by atoms with van der Waals surface area (Å²) in [6.07, 6.45) is 2.97. The van der Waals surface area contributed by atoms with Crippen molar-refractivity contribution in [2.24, 2.45) is 11.8 Å². The minimum absolute atomic E-state index is 0.395. The minimum atomic E-state index is -1.02. The normalized spacial score (nSPS) is 28.1. The molecule has 44 heavy (non-hydrogen) atoms. The van der Waals surface area contributed by atoms with E-state index >= 15 is 0 Å². The molecule has 6 heterocycles. The van der Waals surface area contributed by atoms with Gasteiger partial charge in [0.1, 0.15) is 35.1 Å². The van der Waals surface area contributed by atoms with Crippen molar-refractivity contribution < 1.29 is 37.5 Å². The van der Waals surface area contributed by atoms with Crippen LogP contribution in [-0.4, -0.2) is 59.9 Å². The summed E-state index contributed by atoms with van der Waals surface area (Å²) in [5, 5.41) is 3.44. The van der Waals surface area contributed by atoms with E-state index in [9.17, 15) is 19.2 Å². The van der Waals surface area contributed by atoms with Crippen LogP contribution in [0.1, 0.15) is 23.6 Å². The van der Waals surface area contributed by atoms with E-state index in [4.69, 9.17) is 18.3 Å². The highest BCUT2D eigenvalue weighted by atomic mass is 16.5. The van der Waals surface area contributed by atoms with Crippen molar-refractivity contribution >= 4 is 35.0 Å². The Bertz CT molecular complexity index is 1640. The summed E-state index contributed by atoms with van der Waals surface area (Å²) in [5.74, 6) is -1.67. The molecule has 4 saturated heterocycles. The van der Waals surface area contributed by atoms with Gasteiger partial charge < -0.3 is 18.3 Å². The van der Waals surface area contributed by atoms with Crippen LogP contribution < -0.4 is 19.3 Å². The Morgan fingerprint density at radius 1 is 0.523 bits per heavy atom. The monoisotopic (exact) mass is 594 g/mol. The van der Waals surface area contributed by atoms with Crippen LogP contribution in [-0.2, 0) is 19.2 Å². The van der Waals surface area contributed by atoms with Crippen LogP contribution in [0, 0.1) is 11.8 Å². The summed E-state index contributed by atoms with van der Waals surface area (Å²) >= 11 is 0. The fourth-order valence-electron chi connectivity index (χ4n) is 7.28. The van der Waals surface area contributed by atoms with Gasteiger partial charge in [0.05, 0.1) is 62.0 Å². The van der Waals surface area contributed by atoms with E-state index in [1.807, 2.05) is 0 Å². The molecule has 6 atom stereocenters. The number of imide groups is 2. The molecular formula is C32H26N4O8. The van der Waals surface area contributed by atoms with E-state index in [0.717, 1.165) is 0 Å². The van der Waals surface area contributed by atoms with Gasteiger partial charge in [0.15, 0.2) is 0 Å². The molecular weight excluding hydrogens is 568 g/mol. The Kier molecular flexibility index (Phi) is 5.80. The lowest BCUT2D eigenvalue weighted by Crippen LogP contribution is -2.50. The average Bonchev–Trinajstić information content (AvgIpc) is 3.88. The molecule has 0 aliphatic carbocycles. The van der Waals surface area contributed by atoms with E-state index < -0.39 is 59.6 Å². The molecule has 0 radical (unpaired) electrons. The first-order valence-electron chi connectivity index (χ1n) is 14.1. The maximum Gasteiger partial charge on any atom is 0.253 e. The Labute approximate surface area is 250 Å². The Balaban J connectivity index is 1.27. The highest BCUT2D eigenvalue weighted by Crippen LogP contribution is 2.59. The standard InChI is InChI=1S/C32H26N4O8/c1-41-19-11-7-17(8-12-19)33-29(37)23-25(21-5-3-15-43-21)36-28-24(26(22-6-4-16-44-22)35(36)27(23)31(33)39)30(38)34(32(28)40)18-9-13-20(42-2)14-10-18/h3-16,23-28H,1-2H3. The third-order valence-corrected chi connectivity index (χ3v) is 9.06. The third kappa shape index (κ3) is 3.46. The second-order valence-electron chi connectivity index (χ2n) is 11.0. The van der Waals surface area contributed by atoms with Gasteiger partial charge in [-0.05, 0) is 72.8 Å². The molecule has 4 amide bonds. The number of carbonyl (C=O) groups excluding carboxylic acids is 4. The third-order valence-electron chi connectivity index (χ3n) is 9.06. The van der Waals surface area contributed by atoms with Gasteiger partial charge in [0, 0.05) is 0 Å². The number of hydrogen-bond donors (Lipinski definition) is 0. The van der Waals surface area contributed by atoms with Crippen LogP contribution in [0.3, 0.4) is 0 Å². The number of furan rings is 2. The molecule has 12 nitrogen and oxygen atoms in total. The van der Waals surface area contributed by atoms with Crippen molar-refractivity contribution in [2.45, 2.75) is 24.2 Å². The van der Waals surface area contributed by atoms with Crippen molar-refractivity contribution in [1.82, 2.24) is 10.0 Å².